The van der Waals surface area contributed by atoms with Crippen LogP contribution in [0.25, 0.3) is 0 Å². The molecular weight excluding hydrogens is 212 g/mol. The van der Waals surface area contributed by atoms with E-state index in [1.165, 1.54) is 12.8 Å². The topological polar surface area (TPSA) is 36.3 Å². The molecule has 1 fully saturated rings. The predicted molar refractivity (Wildman–Crippen MR) is 66.3 cm³/mol. The van der Waals surface area contributed by atoms with Gasteiger partial charge in [-0.3, -0.25) is 4.90 Å². The summed E-state index contributed by atoms with van der Waals surface area (Å²) in [4.78, 5) is 2.26. The van der Waals surface area contributed by atoms with Gasteiger partial charge in [0, 0.05) is 7.11 Å². The molecule has 0 spiro atoms. The second kappa shape index (κ2) is 5.81. The molecule has 0 saturated carbocycles. The lowest BCUT2D eigenvalue weighted by atomic mass is 10.0. The minimum absolute atomic E-state index is 0.121. The van der Waals surface area contributed by atoms with Crippen LogP contribution in [0.15, 0.2) is 24.3 Å². The Labute approximate surface area is 103 Å². The normalized spacial score (nSPS) is 17.9. The van der Waals surface area contributed by atoms with Gasteiger partial charge in [-0.15, -0.1) is 0 Å². The molecule has 1 atom stereocenters. The van der Waals surface area contributed by atoms with Crippen molar-refractivity contribution in [1.82, 2.24) is 4.90 Å². The molecule has 3 nitrogen and oxygen atoms in total. The SMILES string of the molecule is COCc1ccccc1C(C#N)N1CCCC1. The van der Waals surface area contributed by atoms with E-state index in [0.29, 0.717) is 6.61 Å². The summed E-state index contributed by atoms with van der Waals surface area (Å²) in [5, 5.41) is 9.40. The first-order valence-electron chi connectivity index (χ1n) is 6.07. The van der Waals surface area contributed by atoms with Crippen LogP contribution in [-0.2, 0) is 11.3 Å². The fourth-order valence-corrected chi connectivity index (χ4v) is 2.44. The molecule has 1 heterocycles. The molecule has 0 aromatic heterocycles. The lowest BCUT2D eigenvalue weighted by Gasteiger charge is -2.23. The van der Waals surface area contributed by atoms with Crippen LogP contribution in [0.3, 0.4) is 0 Å². The zero-order valence-corrected chi connectivity index (χ0v) is 10.2. The molecule has 0 bridgehead atoms. The maximum atomic E-state index is 9.40. The van der Waals surface area contributed by atoms with Crippen molar-refractivity contribution in [1.29, 1.82) is 5.26 Å². The Hall–Kier alpha value is -1.37. The van der Waals surface area contributed by atoms with Crippen LogP contribution in [0.2, 0.25) is 0 Å². The van der Waals surface area contributed by atoms with Crippen LogP contribution < -0.4 is 0 Å². The molecule has 1 aromatic rings. The molecule has 17 heavy (non-hydrogen) atoms. The fourth-order valence-electron chi connectivity index (χ4n) is 2.44. The van der Waals surface area contributed by atoms with E-state index in [1.54, 1.807) is 7.11 Å². The molecular formula is C14H18N2O. The summed E-state index contributed by atoms with van der Waals surface area (Å²) in [5.41, 5.74) is 2.22. The maximum absolute atomic E-state index is 9.40. The van der Waals surface area contributed by atoms with Gasteiger partial charge in [-0.25, -0.2) is 0 Å². The number of nitriles is 1. The first-order chi connectivity index (χ1) is 8.36. The van der Waals surface area contributed by atoms with Gasteiger partial charge < -0.3 is 4.74 Å². The lowest BCUT2D eigenvalue weighted by molar-refractivity contribution is 0.182. The molecule has 3 heteroatoms. The van der Waals surface area contributed by atoms with Gasteiger partial charge in [-0.2, -0.15) is 5.26 Å². The summed E-state index contributed by atoms with van der Waals surface area (Å²) in [7, 11) is 1.69. The predicted octanol–water partition coefficient (Wildman–Crippen LogP) is 2.49. The van der Waals surface area contributed by atoms with Crippen LogP contribution in [0.5, 0.6) is 0 Å². The molecule has 90 valence electrons. The molecule has 1 unspecified atom stereocenters. The summed E-state index contributed by atoms with van der Waals surface area (Å²) in [6.45, 7) is 2.63. The zero-order chi connectivity index (χ0) is 12.1. The van der Waals surface area contributed by atoms with Crippen LogP contribution in [-0.4, -0.2) is 25.1 Å². The van der Waals surface area contributed by atoms with Crippen LogP contribution in [0.1, 0.15) is 30.0 Å². The Kier molecular flexibility index (Phi) is 4.13. The van der Waals surface area contributed by atoms with Crippen molar-refractivity contribution < 1.29 is 4.74 Å². The standard InChI is InChI=1S/C14H18N2O/c1-17-11-12-6-2-3-7-13(12)14(10-15)16-8-4-5-9-16/h2-3,6-7,14H,4-5,8-9,11H2,1H3. The molecule has 0 amide bonds. The van der Waals surface area contributed by atoms with Gasteiger partial charge in [-0.1, -0.05) is 24.3 Å². The molecule has 1 aromatic carbocycles. The summed E-state index contributed by atoms with van der Waals surface area (Å²) in [6.07, 6.45) is 2.40. The van der Waals surface area contributed by atoms with E-state index in [1.807, 2.05) is 24.3 Å². The second-order valence-corrected chi connectivity index (χ2v) is 4.41. The van der Waals surface area contributed by atoms with E-state index < -0.39 is 0 Å². The number of methoxy groups -OCH3 is 1. The smallest absolute Gasteiger partial charge is 0.124 e. The Balaban J connectivity index is 2.26. The van der Waals surface area contributed by atoms with E-state index in [-0.39, 0.29) is 6.04 Å². The average molecular weight is 230 g/mol. The van der Waals surface area contributed by atoms with Crippen molar-refractivity contribution in [3.63, 3.8) is 0 Å². The quantitative estimate of drug-likeness (QED) is 0.797. The van der Waals surface area contributed by atoms with E-state index >= 15 is 0 Å². The number of hydrogen-bond donors (Lipinski definition) is 0. The largest absolute Gasteiger partial charge is 0.380 e. The number of hydrogen-bond acceptors (Lipinski definition) is 3. The Morgan fingerprint density at radius 1 is 1.35 bits per heavy atom. The number of benzene rings is 1. The monoisotopic (exact) mass is 230 g/mol. The van der Waals surface area contributed by atoms with E-state index in [2.05, 4.69) is 11.0 Å². The molecule has 2 rings (SSSR count). The van der Waals surface area contributed by atoms with Gasteiger partial charge in [0.2, 0.25) is 0 Å². The van der Waals surface area contributed by atoms with Crippen molar-refractivity contribution in [2.24, 2.45) is 0 Å². The van der Waals surface area contributed by atoms with E-state index in [0.717, 1.165) is 24.2 Å². The summed E-state index contributed by atoms with van der Waals surface area (Å²) < 4.78 is 5.20. The van der Waals surface area contributed by atoms with Crippen molar-refractivity contribution in [3.8, 4) is 6.07 Å². The van der Waals surface area contributed by atoms with E-state index in [4.69, 9.17) is 4.74 Å². The van der Waals surface area contributed by atoms with Gasteiger partial charge in [0.05, 0.1) is 12.7 Å². The lowest BCUT2D eigenvalue weighted by Crippen LogP contribution is -2.25. The third kappa shape index (κ3) is 2.66. The van der Waals surface area contributed by atoms with E-state index in [9.17, 15) is 5.26 Å². The molecule has 0 aliphatic carbocycles. The first kappa shape index (κ1) is 12.1. The molecule has 1 saturated heterocycles. The highest BCUT2D eigenvalue weighted by molar-refractivity contribution is 5.33. The molecule has 1 aliphatic heterocycles. The Morgan fingerprint density at radius 3 is 2.71 bits per heavy atom. The van der Waals surface area contributed by atoms with Gasteiger partial charge in [0.15, 0.2) is 0 Å². The number of likely N-dealkylation sites (tertiary alicyclic amines) is 1. The van der Waals surface area contributed by atoms with Crippen LogP contribution in [0.4, 0.5) is 0 Å². The third-order valence-corrected chi connectivity index (χ3v) is 3.28. The number of nitrogens with zero attached hydrogens (tertiary/aromatic N) is 2. The van der Waals surface area contributed by atoms with Crippen LogP contribution in [0, 0.1) is 11.3 Å². The van der Waals surface area contributed by atoms with Gasteiger partial charge in [0.1, 0.15) is 6.04 Å². The summed E-state index contributed by atoms with van der Waals surface area (Å²) in [5.74, 6) is 0. The molecule has 0 N–H and O–H groups in total. The van der Waals surface area contributed by atoms with Crippen molar-refractivity contribution in [3.05, 3.63) is 35.4 Å². The first-order valence-corrected chi connectivity index (χ1v) is 6.07. The minimum atomic E-state index is -0.121. The highest BCUT2D eigenvalue weighted by Crippen LogP contribution is 2.27. The number of ether oxygens (including phenoxy) is 1. The average Bonchev–Trinajstić information content (AvgIpc) is 2.86. The number of rotatable bonds is 4. The van der Waals surface area contributed by atoms with Gasteiger partial charge in [-0.05, 0) is 37.1 Å². The van der Waals surface area contributed by atoms with Crippen LogP contribution >= 0.6 is 0 Å². The third-order valence-electron chi connectivity index (χ3n) is 3.28. The summed E-state index contributed by atoms with van der Waals surface area (Å²) >= 11 is 0. The molecule has 1 aliphatic rings. The highest BCUT2D eigenvalue weighted by Gasteiger charge is 2.24. The zero-order valence-electron chi connectivity index (χ0n) is 10.2. The Bertz CT molecular complexity index is 405. The van der Waals surface area contributed by atoms with Gasteiger partial charge in [0.25, 0.3) is 0 Å². The summed E-state index contributed by atoms with van der Waals surface area (Å²) in [6, 6.07) is 10.4. The molecule has 0 radical (unpaired) electrons. The minimum Gasteiger partial charge on any atom is -0.380 e. The van der Waals surface area contributed by atoms with Crippen molar-refractivity contribution in [2.75, 3.05) is 20.2 Å². The fraction of sp³-hybridized carbons (Fsp3) is 0.500. The second-order valence-electron chi connectivity index (χ2n) is 4.41. The Morgan fingerprint density at radius 2 is 2.06 bits per heavy atom. The van der Waals surface area contributed by atoms with Crippen molar-refractivity contribution >= 4 is 0 Å². The van der Waals surface area contributed by atoms with Crippen molar-refractivity contribution in [2.45, 2.75) is 25.5 Å². The highest BCUT2D eigenvalue weighted by atomic mass is 16.5. The van der Waals surface area contributed by atoms with Gasteiger partial charge >= 0.3 is 0 Å². The maximum Gasteiger partial charge on any atom is 0.124 e.